The average Bonchev–Trinajstić information content (AvgIpc) is 3.61. The van der Waals surface area contributed by atoms with Crippen LogP contribution in [-0.4, -0.2) is 53.7 Å². The molecule has 0 radical (unpaired) electrons. The van der Waals surface area contributed by atoms with Crippen molar-refractivity contribution in [2.75, 3.05) is 24.7 Å². The fraction of sp³-hybridized carbons (Fsp3) is 0.355. The highest BCUT2D eigenvalue weighted by molar-refractivity contribution is 7.17. The summed E-state index contributed by atoms with van der Waals surface area (Å²) in [5.41, 5.74) is 2.03. The van der Waals surface area contributed by atoms with Gasteiger partial charge in [0.25, 0.3) is 5.78 Å². The number of fused-ring (bicyclic) bond motifs is 1. The van der Waals surface area contributed by atoms with Gasteiger partial charge in [0.2, 0.25) is 0 Å². The number of aromatic nitrogens is 1. The lowest BCUT2D eigenvalue weighted by molar-refractivity contribution is -0.132. The second-order valence-electron chi connectivity index (χ2n) is 9.83. The van der Waals surface area contributed by atoms with Crippen LogP contribution in [0.1, 0.15) is 65.8 Å². The maximum atomic E-state index is 13.7. The first-order chi connectivity index (χ1) is 20.2. The molecule has 220 valence electrons. The Morgan fingerprint density at radius 2 is 1.81 bits per heavy atom. The van der Waals surface area contributed by atoms with E-state index in [9.17, 15) is 19.5 Å². The molecule has 0 bridgehead atoms. The van der Waals surface area contributed by atoms with E-state index in [1.807, 2.05) is 20.8 Å². The molecule has 10 nitrogen and oxygen atoms in total. The second kappa shape index (κ2) is 11.8. The topological polar surface area (TPSA) is 124 Å². The number of aliphatic hydroxyl groups excluding tert-OH is 1. The summed E-state index contributed by atoms with van der Waals surface area (Å²) in [5.74, 6) is -1.00. The van der Waals surface area contributed by atoms with E-state index in [4.69, 9.17) is 18.9 Å². The number of thiazole rings is 1. The lowest BCUT2D eigenvalue weighted by atomic mass is 9.94. The lowest BCUT2D eigenvalue weighted by Gasteiger charge is -2.24. The largest absolute Gasteiger partial charge is 0.507 e. The van der Waals surface area contributed by atoms with Crippen LogP contribution in [0.5, 0.6) is 17.2 Å². The molecule has 0 spiro atoms. The van der Waals surface area contributed by atoms with Crippen LogP contribution in [0.2, 0.25) is 0 Å². The Labute approximate surface area is 247 Å². The van der Waals surface area contributed by atoms with Gasteiger partial charge in [-0.2, -0.15) is 0 Å². The number of carbonyl (C=O) groups excluding carboxylic acids is 3. The normalized spacial score (nSPS) is 19.0. The van der Waals surface area contributed by atoms with Crippen LogP contribution in [0.4, 0.5) is 5.13 Å². The van der Waals surface area contributed by atoms with Gasteiger partial charge in [-0.25, -0.2) is 9.78 Å². The Morgan fingerprint density at radius 1 is 1.07 bits per heavy atom. The molecule has 11 heteroatoms. The molecule has 2 aliphatic rings. The molecule has 3 heterocycles. The third kappa shape index (κ3) is 5.20. The third-order valence-electron chi connectivity index (χ3n) is 6.95. The molecule has 2 unspecified atom stereocenters. The summed E-state index contributed by atoms with van der Waals surface area (Å²) in [6.45, 7) is 9.91. The summed E-state index contributed by atoms with van der Waals surface area (Å²) in [4.78, 5) is 45.8. The number of ether oxygens (including phenoxy) is 4. The van der Waals surface area contributed by atoms with Crippen LogP contribution in [0.3, 0.4) is 0 Å². The van der Waals surface area contributed by atoms with Crippen molar-refractivity contribution in [2.45, 2.75) is 53.2 Å². The summed E-state index contributed by atoms with van der Waals surface area (Å²) in [6, 6.07) is 9.23. The summed E-state index contributed by atoms with van der Waals surface area (Å²) in [5, 5.41) is 11.8. The highest BCUT2D eigenvalue weighted by atomic mass is 32.1. The van der Waals surface area contributed by atoms with Crippen molar-refractivity contribution in [2.24, 2.45) is 0 Å². The van der Waals surface area contributed by atoms with Gasteiger partial charge in [0.15, 0.2) is 16.6 Å². The Balaban J connectivity index is 1.69. The zero-order chi connectivity index (χ0) is 30.1. The SMILES string of the molecule is CCOC(=O)c1sc(N2C(=O)C(=O)C(=C(O)c3ccc4c(c3)CC(C)O4)C2c2ccc(OCC)c(OCC)c2)nc1C. The van der Waals surface area contributed by atoms with Crippen LogP contribution in [0.15, 0.2) is 42.0 Å². The maximum Gasteiger partial charge on any atom is 0.350 e. The van der Waals surface area contributed by atoms with Gasteiger partial charge in [-0.05, 0) is 76.1 Å². The number of Topliss-reactive ketones (excluding diaryl/α,β-unsaturated/α-hetero) is 1. The molecular weight excluding hydrogens is 560 g/mol. The van der Waals surface area contributed by atoms with Gasteiger partial charge >= 0.3 is 11.9 Å². The molecule has 2 atom stereocenters. The number of benzene rings is 2. The van der Waals surface area contributed by atoms with E-state index >= 15 is 0 Å². The Morgan fingerprint density at radius 3 is 2.52 bits per heavy atom. The molecule has 2 aromatic carbocycles. The summed E-state index contributed by atoms with van der Waals surface area (Å²) < 4.78 is 22.5. The molecule has 1 saturated heterocycles. The summed E-state index contributed by atoms with van der Waals surface area (Å²) in [6.07, 6.45) is 0.644. The molecule has 2 aliphatic heterocycles. The highest BCUT2D eigenvalue weighted by Crippen LogP contribution is 2.46. The number of hydrogen-bond donors (Lipinski definition) is 1. The minimum atomic E-state index is -1.07. The zero-order valence-corrected chi connectivity index (χ0v) is 24.9. The smallest absolute Gasteiger partial charge is 0.350 e. The second-order valence-corrected chi connectivity index (χ2v) is 10.8. The number of hydrogen-bond acceptors (Lipinski definition) is 10. The highest BCUT2D eigenvalue weighted by Gasteiger charge is 2.49. The number of nitrogens with zero attached hydrogens (tertiary/aromatic N) is 2. The van der Waals surface area contributed by atoms with E-state index in [0.29, 0.717) is 53.7 Å². The molecule has 0 saturated carbocycles. The predicted octanol–water partition coefficient (Wildman–Crippen LogP) is 5.38. The molecule has 1 fully saturated rings. The van der Waals surface area contributed by atoms with E-state index in [2.05, 4.69) is 4.98 Å². The molecule has 1 N–H and O–H groups in total. The van der Waals surface area contributed by atoms with Crippen LogP contribution in [-0.2, 0) is 20.7 Å². The van der Waals surface area contributed by atoms with Crippen LogP contribution in [0.25, 0.3) is 5.76 Å². The first-order valence-electron chi connectivity index (χ1n) is 13.8. The minimum Gasteiger partial charge on any atom is -0.507 e. The van der Waals surface area contributed by atoms with Crippen LogP contribution >= 0.6 is 11.3 Å². The molecule has 1 aromatic heterocycles. The third-order valence-corrected chi connectivity index (χ3v) is 8.09. The number of aliphatic hydroxyl groups is 1. The van der Waals surface area contributed by atoms with Crippen molar-refractivity contribution in [1.29, 1.82) is 0 Å². The van der Waals surface area contributed by atoms with E-state index in [-0.39, 0.29) is 34.1 Å². The van der Waals surface area contributed by atoms with Crippen LogP contribution < -0.4 is 19.1 Å². The maximum absolute atomic E-state index is 13.7. The minimum absolute atomic E-state index is 0.00875. The number of amides is 1. The van der Waals surface area contributed by atoms with Gasteiger partial charge in [-0.1, -0.05) is 17.4 Å². The van der Waals surface area contributed by atoms with Crippen molar-refractivity contribution >= 4 is 39.9 Å². The lowest BCUT2D eigenvalue weighted by Crippen LogP contribution is -2.29. The molecule has 42 heavy (non-hydrogen) atoms. The molecular formula is C31H32N2O8S. The zero-order valence-electron chi connectivity index (χ0n) is 24.1. The Bertz CT molecular complexity index is 1590. The first kappa shape index (κ1) is 29.1. The molecule has 3 aromatic rings. The number of aryl methyl sites for hydroxylation is 1. The van der Waals surface area contributed by atoms with Gasteiger partial charge in [0.05, 0.1) is 37.1 Å². The standard InChI is InChI=1S/C31H32N2O8S/c1-6-38-22-12-9-18(15-23(22)39-7-2)25-24(26(34)19-10-11-21-20(14-19)13-16(4)41-21)27(35)29(36)33(25)31-32-17(5)28(42-31)30(37)40-8-3/h9-12,14-16,25,34H,6-8,13H2,1-5H3. The molecule has 0 aliphatic carbocycles. The van der Waals surface area contributed by atoms with E-state index in [0.717, 1.165) is 16.9 Å². The van der Waals surface area contributed by atoms with Crippen LogP contribution in [0, 0.1) is 6.92 Å². The Hall–Kier alpha value is -4.38. The van der Waals surface area contributed by atoms with Gasteiger partial charge in [0.1, 0.15) is 22.5 Å². The van der Waals surface area contributed by atoms with Crippen molar-refractivity contribution < 1.29 is 38.4 Å². The summed E-state index contributed by atoms with van der Waals surface area (Å²) in [7, 11) is 0. The summed E-state index contributed by atoms with van der Waals surface area (Å²) >= 11 is 0.951. The number of rotatable bonds is 9. The monoisotopic (exact) mass is 592 g/mol. The Kier molecular flexibility index (Phi) is 8.22. The fourth-order valence-electron chi connectivity index (χ4n) is 5.18. The van der Waals surface area contributed by atoms with Crippen molar-refractivity contribution in [3.05, 3.63) is 69.2 Å². The first-order valence-corrected chi connectivity index (χ1v) is 14.6. The van der Waals surface area contributed by atoms with E-state index < -0.39 is 23.7 Å². The predicted molar refractivity (Wildman–Crippen MR) is 157 cm³/mol. The van der Waals surface area contributed by atoms with Gasteiger partial charge < -0.3 is 24.1 Å². The average molecular weight is 593 g/mol. The fourth-order valence-corrected chi connectivity index (χ4v) is 6.17. The quantitative estimate of drug-likeness (QED) is 0.151. The number of esters is 1. The number of anilines is 1. The molecule has 5 rings (SSSR count). The van der Waals surface area contributed by atoms with E-state index in [1.165, 1.54) is 4.90 Å². The number of ketones is 1. The van der Waals surface area contributed by atoms with E-state index in [1.54, 1.807) is 50.2 Å². The molecule has 1 amide bonds. The van der Waals surface area contributed by atoms with Gasteiger partial charge in [-0.3, -0.25) is 14.5 Å². The van der Waals surface area contributed by atoms with Gasteiger partial charge in [-0.15, -0.1) is 0 Å². The van der Waals surface area contributed by atoms with Crippen molar-refractivity contribution in [1.82, 2.24) is 4.98 Å². The number of carbonyl (C=O) groups is 3. The van der Waals surface area contributed by atoms with Crippen molar-refractivity contribution in [3.8, 4) is 17.2 Å². The van der Waals surface area contributed by atoms with Gasteiger partial charge in [0, 0.05) is 12.0 Å². The van der Waals surface area contributed by atoms with Crippen molar-refractivity contribution in [3.63, 3.8) is 0 Å².